The number of benzene rings is 1. The molecule has 0 bridgehead atoms. The van der Waals surface area contributed by atoms with Gasteiger partial charge in [-0.2, -0.15) is 11.8 Å². The zero-order valence-corrected chi connectivity index (χ0v) is 13.1. The Kier molecular flexibility index (Phi) is 4.13. The summed E-state index contributed by atoms with van der Waals surface area (Å²) in [5.74, 6) is 0. The number of sulfonamides is 1. The van der Waals surface area contributed by atoms with Crippen LogP contribution in [0.3, 0.4) is 0 Å². The summed E-state index contributed by atoms with van der Waals surface area (Å²) >= 11 is 1.65. The molecule has 0 saturated heterocycles. The van der Waals surface area contributed by atoms with Gasteiger partial charge in [0.25, 0.3) is 0 Å². The zero-order chi connectivity index (χ0) is 14.1. The van der Waals surface area contributed by atoms with Gasteiger partial charge in [0.2, 0.25) is 10.0 Å². The van der Waals surface area contributed by atoms with Crippen LogP contribution in [0.15, 0.2) is 23.1 Å². The van der Waals surface area contributed by atoms with Gasteiger partial charge >= 0.3 is 0 Å². The van der Waals surface area contributed by atoms with Crippen molar-refractivity contribution in [1.82, 2.24) is 4.72 Å². The minimum absolute atomic E-state index is 0.106. The van der Waals surface area contributed by atoms with Gasteiger partial charge in [0.1, 0.15) is 0 Å². The summed E-state index contributed by atoms with van der Waals surface area (Å²) in [5, 5.41) is 3.23. The fraction of sp³-hybridized carbons (Fsp3) is 0.538. The Morgan fingerprint density at radius 2 is 2.16 bits per heavy atom. The van der Waals surface area contributed by atoms with E-state index >= 15 is 0 Å². The van der Waals surface area contributed by atoms with Gasteiger partial charge in [-0.25, -0.2) is 13.1 Å². The molecule has 0 aromatic heterocycles. The topological polar surface area (TPSA) is 58.2 Å². The van der Waals surface area contributed by atoms with E-state index in [1.54, 1.807) is 23.9 Å². The number of thioether (sulfide) groups is 1. The van der Waals surface area contributed by atoms with E-state index in [-0.39, 0.29) is 4.75 Å². The minimum Gasteiger partial charge on any atom is -0.384 e. The molecule has 2 N–H and O–H groups in total. The van der Waals surface area contributed by atoms with Gasteiger partial charge < -0.3 is 5.32 Å². The van der Waals surface area contributed by atoms with E-state index in [4.69, 9.17) is 0 Å². The number of hydrogen-bond acceptors (Lipinski definition) is 4. The monoisotopic (exact) mass is 300 g/mol. The highest BCUT2D eigenvalue weighted by atomic mass is 32.2. The van der Waals surface area contributed by atoms with Crippen molar-refractivity contribution >= 4 is 27.5 Å². The smallest absolute Gasteiger partial charge is 0.240 e. The quantitative estimate of drug-likeness (QED) is 0.874. The highest BCUT2D eigenvalue weighted by Crippen LogP contribution is 2.25. The third kappa shape index (κ3) is 3.43. The van der Waals surface area contributed by atoms with E-state index < -0.39 is 10.0 Å². The number of hydrogen-bond donors (Lipinski definition) is 2. The van der Waals surface area contributed by atoms with Crippen molar-refractivity contribution < 1.29 is 8.42 Å². The lowest BCUT2D eigenvalue weighted by molar-refractivity contribution is 0.570. The van der Waals surface area contributed by atoms with E-state index in [1.807, 2.05) is 26.2 Å². The Hall–Kier alpha value is -0.720. The lowest BCUT2D eigenvalue weighted by Gasteiger charge is -2.22. The first-order valence-corrected chi connectivity index (χ1v) is 8.96. The Bertz CT molecular complexity index is 568. The second-order valence-electron chi connectivity index (χ2n) is 5.28. The average molecular weight is 300 g/mol. The van der Waals surface area contributed by atoms with Crippen molar-refractivity contribution in [3.63, 3.8) is 0 Å². The molecule has 0 aliphatic carbocycles. The van der Waals surface area contributed by atoms with Crippen LogP contribution in [0.2, 0.25) is 0 Å². The van der Waals surface area contributed by atoms with Crippen LogP contribution >= 0.6 is 11.8 Å². The zero-order valence-electron chi connectivity index (χ0n) is 11.5. The Morgan fingerprint density at radius 3 is 2.84 bits per heavy atom. The Morgan fingerprint density at radius 1 is 1.42 bits per heavy atom. The Labute approximate surface area is 119 Å². The van der Waals surface area contributed by atoms with Crippen molar-refractivity contribution in [3.8, 4) is 0 Å². The second-order valence-corrected chi connectivity index (χ2v) is 8.56. The molecule has 0 spiro atoms. The summed E-state index contributed by atoms with van der Waals surface area (Å²) in [7, 11) is -3.42. The molecule has 0 unspecified atom stereocenters. The fourth-order valence-electron chi connectivity index (χ4n) is 1.87. The van der Waals surface area contributed by atoms with Crippen LogP contribution in [0.25, 0.3) is 0 Å². The molecule has 0 amide bonds. The van der Waals surface area contributed by atoms with Crippen LogP contribution in [-0.2, 0) is 16.4 Å². The van der Waals surface area contributed by atoms with Gasteiger partial charge in [-0.15, -0.1) is 0 Å². The maximum atomic E-state index is 12.3. The Balaban J connectivity index is 2.16. The number of anilines is 1. The van der Waals surface area contributed by atoms with Crippen LogP contribution in [-0.4, -0.2) is 32.5 Å². The molecular weight excluding hydrogens is 280 g/mol. The molecule has 2 rings (SSSR count). The third-order valence-electron chi connectivity index (χ3n) is 3.34. The molecule has 1 aliphatic rings. The predicted molar refractivity (Wildman–Crippen MR) is 81.4 cm³/mol. The molecule has 1 heterocycles. The van der Waals surface area contributed by atoms with Crippen LogP contribution < -0.4 is 10.0 Å². The minimum atomic E-state index is -3.42. The maximum Gasteiger partial charge on any atom is 0.240 e. The first kappa shape index (κ1) is 14.7. The summed E-state index contributed by atoms with van der Waals surface area (Å²) in [6.07, 6.45) is 2.87. The molecule has 1 aromatic rings. The fourth-order valence-corrected chi connectivity index (χ4v) is 3.44. The summed E-state index contributed by atoms with van der Waals surface area (Å²) in [6.45, 7) is 5.34. The normalized spacial score (nSPS) is 15.1. The summed E-state index contributed by atoms with van der Waals surface area (Å²) < 4.78 is 27.1. The molecule has 106 valence electrons. The van der Waals surface area contributed by atoms with Gasteiger partial charge in [-0.05, 0) is 50.3 Å². The van der Waals surface area contributed by atoms with E-state index in [0.717, 1.165) is 24.2 Å². The maximum absolute atomic E-state index is 12.3. The SMILES string of the molecule is CSC(C)(C)CNS(=O)(=O)c1ccc2c(c1)CCN2. The van der Waals surface area contributed by atoms with Crippen molar-refractivity contribution in [2.24, 2.45) is 0 Å². The lowest BCUT2D eigenvalue weighted by Crippen LogP contribution is -2.36. The highest BCUT2D eigenvalue weighted by molar-refractivity contribution is 8.00. The van der Waals surface area contributed by atoms with E-state index in [0.29, 0.717) is 11.4 Å². The van der Waals surface area contributed by atoms with Crippen LogP contribution in [0.5, 0.6) is 0 Å². The number of rotatable bonds is 5. The molecule has 1 aliphatic heterocycles. The molecular formula is C13H20N2O2S2. The van der Waals surface area contributed by atoms with Crippen molar-refractivity contribution in [3.05, 3.63) is 23.8 Å². The molecule has 0 saturated carbocycles. The third-order valence-corrected chi connectivity index (χ3v) is 5.99. The van der Waals surface area contributed by atoms with Crippen molar-refractivity contribution in [1.29, 1.82) is 0 Å². The van der Waals surface area contributed by atoms with E-state index in [1.165, 1.54) is 0 Å². The summed E-state index contributed by atoms with van der Waals surface area (Å²) in [4.78, 5) is 0.354. The van der Waals surface area contributed by atoms with E-state index in [2.05, 4.69) is 10.0 Å². The lowest BCUT2D eigenvalue weighted by atomic mass is 10.2. The summed E-state index contributed by atoms with van der Waals surface area (Å²) in [6, 6.07) is 5.27. The molecule has 0 atom stereocenters. The standard InChI is InChI=1S/C13H20N2O2S2/c1-13(2,18-3)9-15-19(16,17)11-4-5-12-10(8-11)6-7-14-12/h4-5,8,14-15H,6-7,9H2,1-3H3. The van der Waals surface area contributed by atoms with Crippen molar-refractivity contribution in [2.75, 3.05) is 24.7 Å². The number of nitrogens with one attached hydrogen (secondary N) is 2. The van der Waals surface area contributed by atoms with Gasteiger partial charge in [0, 0.05) is 23.5 Å². The predicted octanol–water partition coefficient (Wildman–Crippen LogP) is 2.07. The van der Waals surface area contributed by atoms with Gasteiger partial charge in [-0.3, -0.25) is 0 Å². The van der Waals surface area contributed by atoms with Gasteiger partial charge in [0.15, 0.2) is 0 Å². The highest BCUT2D eigenvalue weighted by Gasteiger charge is 2.22. The molecule has 4 nitrogen and oxygen atoms in total. The first-order valence-electron chi connectivity index (χ1n) is 6.26. The molecule has 0 radical (unpaired) electrons. The largest absolute Gasteiger partial charge is 0.384 e. The van der Waals surface area contributed by atoms with Gasteiger partial charge in [0.05, 0.1) is 4.90 Å². The van der Waals surface area contributed by atoms with Crippen LogP contribution in [0.1, 0.15) is 19.4 Å². The van der Waals surface area contributed by atoms with Crippen LogP contribution in [0, 0.1) is 0 Å². The summed E-state index contributed by atoms with van der Waals surface area (Å²) in [5.41, 5.74) is 2.12. The first-order chi connectivity index (χ1) is 8.84. The second kappa shape index (κ2) is 5.34. The number of fused-ring (bicyclic) bond motifs is 1. The van der Waals surface area contributed by atoms with Gasteiger partial charge in [-0.1, -0.05) is 0 Å². The van der Waals surface area contributed by atoms with E-state index in [9.17, 15) is 8.42 Å². The molecule has 0 fully saturated rings. The molecule has 6 heteroatoms. The van der Waals surface area contributed by atoms with Crippen molar-refractivity contribution in [2.45, 2.75) is 29.9 Å². The molecule has 19 heavy (non-hydrogen) atoms. The van der Waals surface area contributed by atoms with Crippen LogP contribution in [0.4, 0.5) is 5.69 Å². The molecule has 1 aromatic carbocycles. The average Bonchev–Trinajstić information content (AvgIpc) is 2.84.